The van der Waals surface area contributed by atoms with Gasteiger partial charge >= 0.3 is 0 Å². The summed E-state index contributed by atoms with van der Waals surface area (Å²) in [5.74, 6) is -1.44. The Hall–Kier alpha value is -3.35. The molecule has 1 amide bonds. The number of nitrogens with one attached hydrogen (secondary N) is 1. The van der Waals surface area contributed by atoms with Crippen LogP contribution in [-0.2, 0) is 0 Å². The Balaban J connectivity index is 1.78. The Labute approximate surface area is 155 Å². The van der Waals surface area contributed by atoms with Gasteiger partial charge in [-0.1, -0.05) is 12.1 Å². The molecule has 0 saturated heterocycles. The summed E-state index contributed by atoms with van der Waals surface area (Å²) in [6, 6.07) is 13.8. The van der Waals surface area contributed by atoms with Crippen LogP contribution in [0.3, 0.4) is 0 Å². The number of anilines is 3. The third-order valence-corrected chi connectivity index (χ3v) is 3.95. The highest BCUT2D eigenvalue weighted by Crippen LogP contribution is 2.20. The van der Waals surface area contributed by atoms with Crippen LogP contribution >= 0.6 is 0 Å². The Morgan fingerprint density at radius 2 is 1.89 bits per heavy atom. The van der Waals surface area contributed by atoms with E-state index in [4.69, 9.17) is 0 Å². The predicted octanol–water partition coefficient (Wildman–Crippen LogP) is 4.47. The first-order valence-corrected chi connectivity index (χ1v) is 8.42. The van der Waals surface area contributed by atoms with Crippen LogP contribution in [0.25, 0.3) is 0 Å². The first kappa shape index (κ1) is 18.4. The molecule has 7 heteroatoms. The van der Waals surface area contributed by atoms with Crippen LogP contribution in [0.2, 0.25) is 0 Å². The summed E-state index contributed by atoms with van der Waals surface area (Å²) in [4.78, 5) is 14.4. The molecule has 0 spiro atoms. The van der Waals surface area contributed by atoms with E-state index in [1.165, 1.54) is 18.2 Å². The van der Waals surface area contributed by atoms with E-state index in [-0.39, 0.29) is 23.1 Å². The molecule has 0 unspecified atom stereocenters. The maximum Gasteiger partial charge on any atom is 0.278 e. The van der Waals surface area contributed by atoms with Crippen molar-refractivity contribution in [3.63, 3.8) is 0 Å². The van der Waals surface area contributed by atoms with Crippen LogP contribution in [0.1, 0.15) is 23.0 Å². The van der Waals surface area contributed by atoms with E-state index >= 15 is 0 Å². The molecule has 0 bridgehead atoms. The fraction of sp³-hybridized carbons (Fsp3) is 0.150. The zero-order chi connectivity index (χ0) is 19.4. The second-order valence-corrected chi connectivity index (χ2v) is 5.94. The summed E-state index contributed by atoms with van der Waals surface area (Å²) >= 11 is 0. The van der Waals surface area contributed by atoms with E-state index in [1.54, 1.807) is 4.90 Å². The predicted molar refractivity (Wildman–Crippen MR) is 100 cm³/mol. The largest absolute Gasteiger partial charge is 0.336 e. The molecule has 27 heavy (non-hydrogen) atoms. The number of amides is 1. The number of halogens is 2. The van der Waals surface area contributed by atoms with Gasteiger partial charge in [0, 0.05) is 18.3 Å². The lowest BCUT2D eigenvalue weighted by atomic mass is 10.2. The van der Waals surface area contributed by atoms with Gasteiger partial charge in [0.05, 0.1) is 5.69 Å². The third-order valence-electron chi connectivity index (χ3n) is 3.95. The Kier molecular flexibility index (Phi) is 5.40. The molecule has 0 aliphatic carbocycles. The number of carbonyl (C=O) groups excluding carboxylic acids is 1. The van der Waals surface area contributed by atoms with E-state index in [2.05, 4.69) is 15.5 Å². The third kappa shape index (κ3) is 4.25. The summed E-state index contributed by atoms with van der Waals surface area (Å²) in [6.45, 7) is 4.31. The van der Waals surface area contributed by atoms with Gasteiger partial charge in [-0.05, 0) is 55.8 Å². The minimum absolute atomic E-state index is 0.0692. The number of rotatable bonds is 5. The van der Waals surface area contributed by atoms with Crippen molar-refractivity contribution in [3.05, 3.63) is 77.5 Å². The summed E-state index contributed by atoms with van der Waals surface area (Å²) in [7, 11) is 0. The zero-order valence-electron chi connectivity index (χ0n) is 14.9. The molecule has 138 valence electrons. The first-order valence-electron chi connectivity index (χ1n) is 8.42. The lowest BCUT2D eigenvalue weighted by molar-refractivity contribution is 0.0982. The molecular weight excluding hydrogens is 350 g/mol. The van der Waals surface area contributed by atoms with Crippen LogP contribution in [0.5, 0.6) is 0 Å². The topological polar surface area (TPSA) is 58.1 Å². The number of aryl methyl sites for hydroxylation is 1. The molecule has 0 aliphatic heterocycles. The average molecular weight is 368 g/mol. The molecule has 0 radical (unpaired) electrons. The molecule has 0 fully saturated rings. The first-order chi connectivity index (χ1) is 13.0. The molecule has 3 aromatic rings. The van der Waals surface area contributed by atoms with Crippen molar-refractivity contribution in [3.8, 4) is 0 Å². The molecule has 5 nitrogen and oxygen atoms in total. The molecule has 2 aromatic carbocycles. The number of benzene rings is 2. The summed E-state index contributed by atoms with van der Waals surface area (Å²) in [5.41, 5.74) is 2.06. The average Bonchev–Trinajstić information content (AvgIpc) is 2.65. The molecule has 0 atom stereocenters. The smallest absolute Gasteiger partial charge is 0.278 e. The van der Waals surface area contributed by atoms with Gasteiger partial charge in [0.1, 0.15) is 11.6 Å². The van der Waals surface area contributed by atoms with E-state index in [0.29, 0.717) is 6.54 Å². The van der Waals surface area contributed by atoms with Crippen molar-refractivity contribution < 1.29 is 13.6 Å². The van der Waals surface area contributed by atoms with Crippen LogP contribution in [0.15, 0.2) is 54.6 Å². The van der Waals surface area contributed by atoms with Gasteiger partial charge < -0.3 is 10.2 Å². The monoisotopic (exact) mass is 368 g/mol. The molecule has 3 rings (SSSR count). The second-order valence-electron chi connectivity index (χ2n) is 5.94. The van der Waals surface area contributed by atoms with E-state index < -0.39 is 11.6 Å². The Morgan fingerprint density at radius 3 is 2.52 bits per heavy atom. The van der Waals surface area contributed by atoms with Gasteiger partial charge in [-0.25, -0.2) is 8.78 Å². The van der Waals surface area contributed by atoms with Crippen molar-refractivity contribution in [1.82, 2.24) is 10.2 Å². The molecule has 0 aliphatic rings. The summed E-state index contributed by atoms with van der Waals surface area (Å²) in [5, 5.41) is 10.6. The summed E-state index contributed by atoms with van der Waals surface area (Å²) < 4.78 is 26.7. The van der Waals surface area contributed by atoms with Gasteiger partial charge in [0.25, 0.3) is 5.91 Å². The number of carbonyl (C=O) groups is 1. The zero-order valence-corrected chi connectivity index (χ0v) is 14.9. The summed E-state index contributed by atoms with van der Waals surface area (Å²) in [6.07, 6.45) is 0. The van der Waals surface area contributed by atoms with Crippen LogP contribution in [0.4, 0.5) is 26.0 Å². The minimum atomic E-state index is -0.742. The van der Waals surface area contributed by atoms with Crippen LogP contribution in [0, 0.1) is 18.6 Å². The van der Waals surface area contributed by atoms with E-state index in [0.717, 1.165) is 23.4 Å². The van der Waals surface area contributed by atoms with Crippen LogP contribution in [-0.4, -0.2) is 22.6 Å². The minimum Gasteiger partial charge on any atom is -0.336 e. The number of aromatic nitrogens is 2. The molecule has 0 saturated carbocycles. The molecular formula is C20H18F2N4O. The lowest BCUT2D eigenvalue weighted by Gasteiger charge is -2.20. The Morgan fingerprint density at radius 1 is 1.07 bits per heavy atom. The highest BCUT2D eigenvalue weighted by atomic mass is 19.1. The fourth-order valence-electron chi connectivity index (χ4n) is 2.62. The number of nitrogens with zero attached hydrogens (tertiary/aromatic N) is 3. The van der Waals surface area contributed by atoms with Crippen molar-refractivity contribution in [2.24, 2.45) is 0 Å². The quantitative estimate of drug-likeness (QED) is 0.722. The molecule has 1 N–H and O–H groups in total. The molecule has 1 heterocycles. The molecule has 1 aromatic heterocycles. The standard InChI is InChI=1S/C20H18F2N4O/c1-3-26(15-6-4-5-13(2)11-15)20(27)18-9-10-19(25-24-18)23-17-8-7-14(21)12-16(17)22/h4-12H,3H2,1-2H3,(H,23,25). The van der Waals surface area contributed by atoms with Gasteiger partial charge in [-0.3, -0.25) is 4.79 Å². The number of hydrogen-bond acceptors (Lipinski definition) is 4. The van der Waals surface area contributed by atoms with Gasteiger partial charge in [0.2, 0.25) is 0 Å². The van der Waals surface area contributed by atoms with Gasteiger partial charge in [0.15, 0.2) is 11.5 Å². The van der Waals surface area contributed by atoms with Crippen molar-refractivity contribution in [2.75, 3.05) is 16.8 Å². The van der Waals surface area contributed by atoms with E-state index in [9.17, 15) is 13.6 Å². The van der Waals surface area contributed by atoms with Gasteiger partial charge in [-0.15, -0.1) is 10.2 Å². The highest BCUT2D eigenvalue weighted by Gasteiger charge is 2.18. The Bertz CT molecular complexity index is 960. The van der Waals surface area contributed by atoms with E-state index in [1.807, 2.05) is 38.1 Å². The van der Waals surface area contributed by atoms with Crippen LogP contribution < -0.4 is 10.2 Å². The highest BCUT2D eigenvalue weighted by molar-refractivity contribution is 6.04. The van der Waals surface area contributed by atoms with Crippen molar-refractivity contribution in [2.45, 2.75) is 13.8 Å². The SMILES string of the molecule is CCN(C(=O)c1ccc(Nc2ccc(F)cc2F)nn1)c1cccc(C)c1. The van der Waals surface area contributed by atoms with Crippen molar-refractivity contribution >= 4 is 23.1 Å². The number of hydrogen-bond donors (Lipinski definition) is 1. The van der Waals surface area contributed by atoms with Gasteiger partial charge in [-0.2, -0.15) is 0 Å². The fourth-order valence-corrected chi connectivity index (χ4v) is 2.62. The maximum atomic E-state index is 13.7. The second kappa shape index (κ2) is 7.90. The lowest BCUT2D eigenvalue weighted by Crippen LogP contribution is -2.31. The maximum absolute atomic E-state index is 13.7. The van der Waals surface area contributed by atoms with Crippen molar-refractivity contribution in [1.29, 1.82) is 0 Å². The normalized spacial score (nSPS) is 10.5.